The van der Waals surface area contributed by atoms with E-state index in [1.807, 2.05) is 42.5 Å². The molecule has 3 rings (SSSR count). The summed E-state index contributed by atoms with van der Waals surface area (Å²) in [4.78, 5) is 0. The Bertz CT molecular complexity index is 549. The third-order valence-electron chi connectivity index (χ3n) is 2.70. The van der Waals surface area contributed by atoms with Gasteiger partial charge in [-0.2, -0.15) is 0 Å². The van der Waals surface area contributed by atoms with Crippen molar-refractivity contribution in [1.29, 1.82) is 0 Å². The highest BCUT2D eigenvalue weighted by atomic mass is 16.6. The number of hydrogen-bond acceptors (Lipinski definition) is 3. The van der Waals surface area contributed by atoms with Crippen LogP contribution >= 0.6 is 0 Å². The van der Waals surface area contributed by atoms with Crippen LogP contribution in [-0.2, 0) is 6.42 Å². The normalized spacial score (nSPS) is 12.1. The fraction of sp³-hybridized carbons (Fsp3) is 0.143. The third kappa shape index (κ3) is 1.85. The second-order valence-corrected chi connectivity index (χ2v) is 3.91. The van der Waals surface area contributed by atoms with Crippen molar-refractivity contribution in [2.75, 3.05) is 6.61 Å². The van der Waals surface area contributed by atoms with Crippen LogP contribution in [0.15, 0.2) is 42.5 Å². The van der Waals surface area contributed by atoms with Gasteiger partial charge in [-0.1, -0.05) is 18.2 Å². The van der Waals surface area contributed by atoms with Crippen LogP contribution in [0, 0.1) is 0 Å². The molecular formula is C14H12O3. The first-order valence-corrected chi connectivity index (χ1v) is 5.55. The minimum atomic E-state index is 0.135. The van der Waals surface area contributed by atoms with Crippen LogP contribution in [0.1, 0.15) is 5.56 Å². The Hall–Kier alpha value is -2.00. The quantitative estimate of drug-likeness (QED) is 0.732. The van der Waals surface area contributed by atoms with Gasteiger partial charge in [0.2, 0.25) is 0 Å². The molecule has 3 heteroatoms. The molecule has 0 amide bonds. The number of aliphatic hydroxyl groups excluding tert-OH is 1. The molecule has 0 saturated heterocycles. The van der Waals surface area contributed by atoms with Crippen molar-refractivity contribution < 1.29 is 14.6 Å². The Balaban J connectivity index is 1.97. The van der Waals surface area contributed by atoms with Crippen LogP contribution in [0.5, 0.6) is 23.0 Å². The van der Waals surface area contributed by atoms with E-state index < -0.39 is 0 Å². The molecule has 2 aromatic carbocycles. The predicted octanol–water partition coefficient (Wildman–Crippen LogP) is 3.12. The molecule has 86 valence electrons. The fourth-order valence-corrected chi connectivity index (χ4v) is 1.86. The minimum Gasteiger partial charge on any atom is -0.450 e. The zero-order chi connectivity index (χ0) is 11.7. The standard InChI is InChI=1S/C14H12O3/c15-8-7-10-5-6-13-14(9-10)17-12-4-2-1-3-11(12)16-13/h1-6,9,15H,7-8H2. The molecule has 1 N–H and O–H groups in total. The molecule has 17 heavy (non-hydrogen) atoms. The maximum absolute atomic E-state index is 8.91. The van der Waals surface area contributed by atoms with Gasteiger partial charge in [0.1, 0.15) is 0 Å². The highest BCUT2D eigenvalue weighted by Crippen LogP contribution is 2.45. The number of para-hydroxylation sites is 2. The van der Waals surface area contributed by atoms with Crippen molar-refractivity contribution in [3.05, 3.63) is 48.0 Å². The van der Waals surface area contributed by atoms with E-state index in [1.165, 1.54) is 0 Å². The molecule has 1 aliphatic heterocycles. The molecule has 1 aliphatic rings. The first-order chi connectivity index (χ1) is 8.36. The molecule has 3 nitrogen and oxygen atoms in total. The Labute approximate surface area is 99.2 Å². The van der Waals surface area contributed by atoms with Gasteiger partial charge >= 0.3 is 0 Å². The third-order valence-corrected chi connectivity index (χ3v) is 2.70. The van der Waals surface area contributed by atoms with Gasteiger partial charge in [-0.25, -0.2) is 0 Å². The SMILES string of the molecule is OCCc1ccc2c(c1)Oc1ccccc1O2. The van der Waals surface area contributed by atoms with Gasteiger partial charge in [0.05, 0.1) is 0 Å². The predicted molar refractivity (Wildman–Crippen MR) is 63.8 cm³/mol. The van der Waals surface area contributed by atoms with Crippen LogP contribution in [0.25, 0.3) is 0 Å². The molecule has 0 unspecified atom stereocenters. The molecule has 0 saturated carbocycles. The Morgan fingerprint density at radius 1 is 0.824 bits per heavy atom. The summed E-state index contributed by atoms with van der Waals surface area (Å²) >= 11 is 0. The van der Waals surface area contributed by atoms with Gasteiger partial charge in [-0.3, -0.25) is 0 Å². The van der Waals surface area contributed by atoms with E-state index in [0.717, 1.165) is 17.1 Å². The van der Waals surface area contributed by atoms with E-state index in [4.69, 9.17) is 14.6 Å². The molecule has 0 aromatic heterocycles. The molecule has 2 aromatic rings. The van der Waals surface area contributed by atoms with Crippen LogP contribution < -0.4 is 9.47 Å². The summed E-state index contributed by atoms with van der Waals surface area (Å²) < 4.78 is 11.5. The number of rotatable bonds is 2. The van der Waals surface area contributed by atoms with Gasteiger partial charge in [-0.15, -0.1) is 0 Å². The van der Waals surface area contributed by atoms with Crippen LogP contribution in [0.2, 0.25) is 0 Å². The molecule has 0 fully saturated rings. The molecule has 1 heterocycles. The van der Waals surface area contributed by atoms with Crippen LogP contribution in [0.4, 0.5) is 0 Å². The van der Waals surface area contributed by atoms with Gasteiger partial charge in [0.15, 0.2) is 23.0 Å². The van der Waals surface area contributed by atoms with Crippen LogP contribution in [-0.4, -0.2) is 11.7 Å². The second-order valence-electron chi connectivity index (χ2n) is 3.91. The van der Waals surface area contributed by atoms with E-state index >= 15 is 0 Å². The lowest BCUT2D eigenvalue weighted by Gasteiger charge is -2.20. The summed E-state index contributed by atoms with van der Waals surface area (Å²) in [5.41, 5.74) is 1.04. The van der Waals surface area contributed by atoms with E-state index in [9.17, 15) is 0 Å². The number of benzene rings is 2. The van der Waals surface area contributed by atoms with Crippen molar-refractivity contribution in [3.8, 4) is 23.0 Å². The van der Waals surface area contributed by atoms with Crippen LogP contribution in [0.3, 0.4) is 0 Å². The zero-order valence-corrected chi connectivity index (χ0v) is 9.22. The highest BCUT2D eigenvalue weighted by molar-refractivity contribution is 5.55. The largest absolute Gasteiger partial charge is 0.450 e. The first kappa shape index (κ1) is 10.2. The van der Waals surface area contributed by atoms with Gasteiger partial charge in [0, 0.05) is 6.61 Å². The molecule has 0 aliphatic carbocycles. The van der Waals surface area contributed by atoms with E-state index in [-0.39, 0.29) is 6.61 Å². The van der Waals surface area contributed by atoms with Gasteiger partial charge in [0.25, 0.3) is 0 Å². The number of fused-ring (bicyclic) bond motifs is 2. The molecule has 0 radical (unpaired) electrons. The average molecular weight is 228 g/mol. The molecule has 0 bridgehead atoms. The smallest absolute Gasteiger partial charge is 0.170 e. The van der Waals surface area contributed by atoms with Gasteiger partial charge < -0.3 is 14.6 Å². The highest BCUT2D eigenvalue weighted by Gasteiger charge is 2.17. The summed E-state index contributed by atoms with van der Waals surface area (Å²) in [5.74, 6) is 2.87. The summed E-state index contributed by atoms with van der Waals surface area (Å²) in [5, 5.41) is 8.91. The van der Waals surface area contributed by atoms with E-state index in [2.05, 4.69) is 0 Å². The van der Waals surface area contributed by atoms with E-state index in [1.54, 1.807) is 0 Å². The monoisotopic (exact) mass is 228 g/mol. The lowest BCUT2D eigenvalue weighted by molar-refractivity contribution is 0.299. The maximum Gasteiger partial charge on any atom is 0.170 e. The van der Waals surface area contributed by atoms with Crippen molar-refractivity contribution in [3.63, 3.8) is 0 Å². The summed E-state index contributed by atoms with van der Waals surface area (Å²) in [6.45, 7) is 0.135. The van der Waals surface area contributed by atoms with Crippen molar-refractivity contribution in [2.45, 2.75) is 6.42 Å². The zero-order valence-electron chi connectivity index (χ0n) is 9.22. The minimum absolute atomic E-state index is 0.135. The topological polar surface area (TPSA) is 38.7 Å². The maximum atomic E-state index is 8.91. The second kappa shape index (κ2) is 4.11. The Morgan fingerprint density at radius 2 is 1.47 bits per heavy atom. The Kier molecular flexibility index (Phi) is 2.46. The summed E-state index contributed by atoms with van der Waals surface area (Å²) in [7, 11) is 0. The number of ether oxygens (including phenoxy) is 2. The molecular weight excluding hydrogens is 216 g/mol. The van der Waals surface area contributed by atoms with Gasteiger partial charge in [-0.05, 0) is 36.2 Å². The Morgan fingerprint density at radius 3 is 2.18 bits per heavy atom. The number of hydrogen-bond donors (Lipinski definition) is 1. The first-order valence-electron chi connectivity index (χ1n) is 5.55. The number of aliphatic hydroxyl groups is 1. The van der Waals surface area contributed by atoms with Crippen molar-refractivity contribution >= 4 is 0 Å². The molecule has 0 spiro atoms. The lowest BCUT2D eigenvalue weighted by atomic mass is 10.1. The summed E-state index contributed by atoms with van der Waals surface area (Å²) in [6.07, 6.45) is 0.623. The fourth-order valence-electron chi connectivity index (χ4n) is 1.86. The van der Waals surface area contributed by atoms with E-state index in [0.29, 0.717) is 17.9 Å². The summed E-state index contributed by atoms with van der Waals surface area (Å²) in [6, 6.07) is 13.3. The average Bonchev–Trinajstić information content (AvgIpc) is 2.36. The van der Waals surface area contributed by atoms with Crippen molar-refractivity contribution in [2.24, 2.45) is 0 Å². The lowest BCUT2D eigenvalue weighted by Crippen LogP contribution is -2.00. The molecule has 0 atom stereocenters. The van der Waals surface area contributed by atoms with Crippen molar-refractivity contribution in [1.82, 2.24) is 0 Å².